The zero-order valence-corrected chi connectivity index (χ0v) is 13.9. The Morgan fingerprint density at radius 1 is 1.37 bits per heavy atom. The maximum atomic E-state index is 12.2. The van der Waals surface area contributed by atoms with Crippen LogP contribution in [0.15, 0.2) is 39.1 Å². The first-order valence-electron chi connectivity index (χ1n) is 5.22. The number of aromatic nitrogens is 1. The van der Waals surface area contributed by atoms with Crippen LogP contribution in [0.3, 0.4) is 0 Å². The van der Waals surface area contributed by atoms with Gasteiger partial charge in [0.05, 0.1) is 6.20 Å². The summed E-state index contributed by atoms with van der Waals surface area (Å²) >= 11 is 9.96. The highest BCUT2D eigenvalue weighted by molar-refractivity contribution is 9.10. The summed E-state index contributed by atoms with van der Waals surface area (Å²) in [6.45, 7) is 0.297. The van der Waals surface area contributed by atoms with Gasteiger partial charge in [0.2, 0.25) is 0 Å². The van der Waals surface area contributed by atoms with Crippen molar-refractivity contribution in [2.75, 3.05) is 7.05 Å². The predicted molar refractivity (Wildman–Crippen MR) is 79.9 cm³/mol. The number of rotatable bonds is 4. The summed E-state index contributed by atoms with van der Waals surface area (Å²) in [7, 11) is -2.00. The third-order valence-electron chi connectivity index (χ3n) is 2.44. The molecule has 0 fully saturated rings. The molecular weight excluding hydrogens is 372 g/mol. The lowest BCUT2D eigenvalue weighted by molar-refractivity contribution is 0.468. The van der Waals surface area contributed by atoms with Gasteiger partial charge in [0.25, 0.3) is 10.0 Å². The van der Waals surface area contributed by atoms with E-state index in [1.807, 2.05) is 24.3 Å². The second-order valence-corrected chi connectivity index (χ2v) is 8.62. The van der Waals surface area contributed by atoms with E-state index >= 15 is 0 Å². The van der Waals surface area contributed by atoms with E-state index in [0.29, 0.717) is 6.54 Å². The molecule has 0 N–H and O–H groups in total. The van der Waals surface area contributed by atoms with E-state index in [-0.39, 0.29) is 8.68 Å². The van der Waals surface area contributed by atoms with Crippen molar-refractivity contribution < 1.29 is 8.42 Å². The summed E-state index contributed by atoms with van der Waals surface area (Å²) in [6, 6.07) is 7.49. The third-order valence-corrected chi connectivity index (χ3v) is 6.32. The summed E-state index contributed by atoms with van der Waals surface area (Å²) in [5.74, 6) is 0. The molecule has 0 atom stereocenters. The fraction of sp³-hybridized carbons (Fsp3) is 0.182. The lowest BCUT2D eigenvalue weighted by atomic mass is 10.2. The minimum Gasteiger partial charge on any atom is -0.232 e. The van der Waals surface area contributed by atoms with E-state index in [1.54, 1.807) is 0 Å². The van der Waals surface area contributed by atoms with Crippen molar-refractivity contribution in [3.05, 3.63) is 45.0 Å². The van der Waals surface area contributed by atoms with E-state index in [0.717, 1.165) is 21.4 Å². The topological polar surface area (TPSA) is 50.3 Å². The molecule has 0 spiro atoms. The molecular formula is C11H10BrClN2O2S2. The molecule has 0 saturated carbocycles. The second-order valence-electron chi connectivity index (χ2n) is 3.82. The lowest BCUT2D eigenvalue weighted by Gasteiger charge is -2.15. The molecule has 0 amide bonds. The second kappa shape index (κ2) is 5.88. The van der Waals surface area contributed by atoms with Crippen LogP contribution in [-0.4, -0.2) is 24.8 Å². The van der Waals surface area contributed by atoms with Crippen molar-refractivity contribution in [3.63, 3.8) is 0 Å². The minimum atomic E-state index is -3.53. The highest BCUT2D eigenvalue weighted by atomic mass is 79.9. The average Bonchev–Trinajstić information content (AvgIpc) is 2.79. The number of nitrogens with zero attached hydrogens (tertiary/aromatic N) is 2. The maximum absolute atomic E-state index is 12.2. The number of sulfonamides is 1. The Morgan fingerprint density at radius 2 is 2.00 bits per heavy atom. The first-order valence-corrected chi connectivity index (χ1v) is 8.64. The maximum Gasteiger partial charge on any atom is 0.254 e. The zero-order chi connectivity index (χ0) is 14.0. The minimum absolute atomic E-state index is 0.150. The average molecular weight is 382 g/mol. The van der Waals surface area contributed by atoms with Gasteiger partial charge in [0, 0.05) is 18.1 Å². The first kappa shape index (κ1) is 14.9. The van der Waals surface area contributed by atoms with E-state index in [1.165, 1.54) is 17.5 Å². The number of halogens is 2. The number of benzene rings is 1. The van der Waals surface area contributed by atoms with E-state index in [9.17, 15) is 8.42 Å². The summed E-state index contributed by atoms with van der Waals surface area (Å²) in [4.78, 5) is 3.76. The summed E-state index contributed by atoms with van der Waals surface area (Å²) in [5, 5.41) is 0. The van der Waals surface area contributed by atoms with Gasteiger partial charge in [0.15, 0.2) is 8.68 Å². The van der Waals surface area contributed by atoms with Crippen molar-refractivity contribution in [1.29, 1.82) is 0 Å². The summed E-state index contributed by atoms with van der Waals surface area (Å²) in [6.07, 6.45) is 1.28. The van der Waals surface area contributed by atoms with Gasteiger partial charge in [0.1, 0.15) is 0 Å². The van der Waals surface area contributed by atoms with Crippen molar-refractivity contribution >= 4 is 48.9 Å². The van der Waals surface area contributed by atoms with Crippen molar-refractivity contribution in [1.82, 2.24) is 9.29 Å². The van der Waals surface area contributed by atoms with Gasteiger partial charge in [-0.15, -0.1) is 0 Å². The molecule has 2 rings (SSSR count). The molecule has 0 aliphatic heterocycles. The van der Waals surface area contributed by atoms with Crippen LogP contribution in [-0.2, 0) is 16.6 Å². The lowest BCUT2D eigenvalue weighted by Crippen LogP contribution is -2.25. The Kier molecular flexibility index (Phi) is 4.62. The normalized spacial score (nSPS) is 12.0. The molecule has 8 heteroatoms. The molecule has 1 aromatic heterocycles. The Labute approximate surface area is 129 Å². The monoisotopic (exact) mass is 380 g/mol. The molecule has 0 unspecified atom stereocenters. The molecule has 0 radical (unpaired) electrons. The smallest absolute Gasteiger partial charge is 0.232 e. The van der Waals surface area contributed by atoms with Crippen LogP contribution in [0, 0.1) is 0 Å². The van der Waals surface area contributed by atoms with Gasteiger partial charge in [-0.05, 0) is 17.7 Å². The van der Waals surface area contributed by atoms with Gasteiger partial charge in [-0.1, -0.05) is 51.0 Å². The molecule has 2 aromatic rings. The van der Waals surface area contributed by atoms with Crippen LogP contribution in [0.25, 0.3) is 0 Å². The number of hydrogen-bond acceptors (Lipinski definition) is 4. The van der Waals surface area contributed by atoms with Crippen LogP contribution in [0.5, 0.6) is 0 Å². The molecule has 0 bridgehead atoms. The first-order chi connectivity index (χ1) is 8.89. The molecule has 19 heavy (non-hydrogen) atoms. The summed E-state index contributed by atoms with van der Waals surface area (Å²) in [5.41, 5.74) is 0.907. The van der Waals surface area contributed by atoms with Gasteiger partial charge in [-0.25, -0.2) is 13.4 Å². The Balaban J connectivity index is 2.19. The van der Waals surface area contributed by atoms with Gasteiger partial charge >= 0.3 is 0 Å². The quantitative estimate of drug-likeness (QED) is 0.816. The molecule has 0 aliphatic rings. The van der Waals surface area contributed by atoms with Crippen molar-refractivity contribution in [2.45, 2.75) is 10.8 Å². The van der Waals surface area contributed by atoms with Crippen molar-refractivity contribution in [3.8, 4) is 0 Å². The standard InChI is InChI=1S/C11H10BrClN2O2S2/c1-15(7-8-2-4-9(12)5-3-8)19(16,17)10-6-14-11(13)18-10/h2-6H,7H2,1H3. The Morgan fingerprint density at radius 3 is 2.53 bits per heavy atom. The molecule has 0 aliphatic carbocycles. The fourth-order valence-electron chi connectivity index (χ4n) is 1.44. The summed E-state index contributed by atoms with van der Waals surface area (Å²) < 4.78 is 27.1. The van der Waals surface area contributed by atoms with Crippen molar-refractivity contribution in [2.24, 2.45) is 0 Å². The predicted octanol–water partition coefficient (Wildman–Crippen LogP) is 3.38. The molecule has 0 saturated heterocycles. The molecule has 1 aromatic carbocycles. The van der Waals surface area contributed by atoms with E-state index in [2.05, 4.69) is 20.9 Å². The Bertz CT molecular complexity index is 670. The molecule has 4 nitrogen and oxygen atoms in total. The van der Waals surface area contributed by atoms with Gasteiger partial charge < -0.3 is 0 Å². The zero-order valence-electron chi connectivity index (χ0n) is 9.88. The number of thiazole rings is 1. The van der Waals surface area contributed by atoms with Gasteiger partial charge in [-0.3, -0.25) is 0 Å². The van der Waals surface area contributed by atoms with Crippen LogP contribution < -0.4 is 0 Å². The van der Waals surface area contributed by atoms with Crippen LogP contribution in [0.2, 0.25) is 4.47 Å². The highest BCUT2D eigenvalue weighted by Crippen LogP contribution is 2.25. The fourth-order valence-corrected chi connectivity index (χ4v) is 4.37. The SMILES string of the molecule is CN(Cc1ccc(Br)cc1)S(=O)(=O)c1cnc(Cl)s1. The highest BCUT2D eigenvalue weighted by Gasteiger charge is 2.23. The number of hydrogen-bond donors (Lipinski definition) is 0. The molecule has 1 heterocycles. The van der Waals surface area contributed by atoms with E-state index < -0.39 is 10.0 Å². The van der Waals surface area contributed by atoms with Gasteiger partial charge in [-0.2, -0.15) is 4.31 Å². The largest absolute Gasteiger partial charge is 0.254 e. The molecule has 102 valence electrons. The van der Waals surface area contributed by atoms with E-state index in [4.69, 9.17) is 11.6 Å². The van der Waals surface area contributed by atoms with Crippen LogP contribution >= 0.6 is 38.9 Å². The Hall–Kier alpha value is -0.470. The van der Waals surface area contributed by atoms with Crippen LogP contribution in [0.1, 0.15) is 5.56 Å². The third kappa shape index (κ3) is 3.55. The van der Waals surface area contributed by atoms with Crippen LogP contribution in [0.4, 0.5) is 0 Å².